The van der Waals surface area contributed by atoms with Crippen LogP contribution in [0.4, 0.5) is 0 Å². The molecule has 0 aromatic heterocycles. The summed E-state index contributed by atoms with van der Waals surface area (Å²) in [6, 6.07) is 19.6. The van der Waals surface area contributed by atoms with E-state index in [1.54, 1.807) is 0 Å². The number of carbonyl (C=O) groups excluding carboxylic acids is 5. The van der Waals surface area contributed by atoms with E-state index in [9.17, 15) is 28.8 Å². The molecule has 2 aromatic rings. The van der Waals surface area contributed by atoms with Crippen molar-refractivity contribution in [3.63, 3.8) is 0 Å². The number of amides is 2. The highest BCUT2D eigenvalue weighted by molar-refractivity contribution is 6.01. The molecule has 0 bridgehead atoms. The van der Waals surface area contributed by atoms with Crippen LogP contribution in [0.5, 0.6) is 0 Å². The second-order valence-corrected chi connectivity index (χ2v) is 17.6. The van der Waals surface area contributed by atoms with Gasteiger partial charge < -0.3 is 19.4 Å². The van der Waals surface area contributed by atoms with Gasteiger partial charge in [0.15, 0.2) is 0 Å². The van der Waals surface area contributed by atoms with E-state index in [2.05, 4.69) is 0 Å². The molecule has 0 spiro atoms. The number of unbranched alkanes of at least 4 members (excludes halogenated alkanes) is 26. The standard InChI is InChI=1S/C29H43NO6.C25H40O4/c31-26-22-23-27(32)30(26)36-29(34)21-17-12-10-8-6-4-2-1-3-5-7-9-11-16-20-28(33)35-24-25-18-14-13-15-19-25;26-24(27)20-16-11-9-7-5-3-1-2-4-6-8-10-12-17-21-25(28)29-22-23-18-14-13-15-19-23/h13-15,18-19H,1-12,16-17,20-24H2;13-15,18-19H,1-12,16-17,20-22H2,(H,26,27). The molecule has 1 aliphatic rings. The van der Waals surface area contributed by atoms with Crippen LogP contribution >= 0.6 is 0 Å². The zero-order valence-corrected chi connectivity index (χ0v) is 39.8. The zero-order chi connectivity index (χ0) is 46.8. The number of benzene rings is 2. The first-order chi connectivity index (χ1) is 31.7. The van der Waals surface area contributed by atoms with Gasteiger partial charge in [-0.25, -0.2) is 4.79 Å². The third-order valence-corrected chi connectivity index (χ3v) is 11.7. The topological polar surface area (TPSA) is 154 Å². The molecule has 65 heavy (non-hydrogen) atoms. The van der Waals surface area contributed by atoms with Gasteiger partial charge in [-0.05, 0) is 36.8 Å². The number of carboxylic acids is 1. The second-order valence-electron chi connectivity index (χ2n) is 17.6. The Hall–Kier alpha value is -4.54. The number of rotatable bonds is 39. The SMILES string of the molecule is O=C(CCCCCCCCCCCCCCCCC(=O)ON1C(=O)CCC1=O)OCc1ccccc1.O=C(O)CCCCCCCCCCCCCCCCC(=O)OCc1ccccc1. The Morgan fingerprint density at radius 1 is 0.385 bits per heavy atom. The maximum Gasteiger partial charge on any atom is 0.333 e. The van der Waals surface area contributed by atoms with Crippen LogP contribution in [0.25, 0.3) is 0 Å². The van der Waals surface area contributed by atoms with Crippen LogP contribution in [0.3, 0.4) is 0 Å². The van der Waals surface area contributed by atoms with Crippen molar-refractivity contribution in [2.75, 3.05) is 0 Å². The van der Waals surface area contributed by atoms with Crippen LogP contribution in [0.2, 0.25) is 0 Å². The van der Waals surface area contributed by atoms with E-state index in [-0.39, 0.29) is 31.2 Å². The van der Waals surface area contributed by atoms with Gasteiger partial charge in [-0.3, -0.25) is 24.0 Å². The molecule has 0 radical (unpaired) electrons. The third kappa shape index (κ3) is 33.6. The van der Waals surface area contributed by atoms with Crippen molar-refractivity contribution in [1.82, 2.24) is 5.06 Å². The summed E-state index contributed by atoms with van der Waals surface area (Å²) >= 11 is 0. The first-order valence-electron chi connectivity index (χ1n) is 25.4. The van der Waals surface area contributed by atoms with Gasteiger partial charge in [0.05, 0.1) is 0 Å². The summed E-state index contributed by atoms with van der Waals surface area (Å²) < 4.78 is 10.6. The van der Waals surface area contributed by atoms with Gasteiger partial charge >= 0.3 is 23.9 Å². The molecule has 1 N–H and O–H groups in total. The lowest BCUT2D eigenvalue weighted by molar-refractivity contribution is -0.197. The fourth-order valence-corrected chi connectivity index (χ4v) is 7.75. The van der Waals surface area contributed by atoms with E-state index in [0.29, 0.717) is 37.5 Å². The van der Waals surface area contributed by atoms with E-state index in [1.165, 1.54) is 122 Å². The van der Waals surface area contributed by atoms with E-state index >= 15 is 0 Å². The summed E-state index contributed by atoms with van der Waals surface area (Å²) in [5, 5.41) is 9.20. The molecule has 1 heterocycles. The van der Waals surface area contributed by atoms with Crippen molar-refractivity contribution in [2.24, 2.45) is 0 Å². The van der Waals surface area contributed by atoms with E-state index in [4.69, 9.17) is 19.4 Å². The highest BCUT2D eigenvalue weighted by Gasteiger charge is 2.32. The van der Waals surface area contributed by atoms with Gasteiger partial charge in [0.25, 0.3) is 11.8 Å². The number of hydroxylamine groups is 2. The van der Waals surface area contributed by atoms with Crippen LogP contribution in [0, 0.1) is 0 Å². The molecule has 11 heteroatoms. The summed E-state index contributed by atoms with van der Waals surface area (Å²) in [5.74, 6) is -2.22. The minimum atomic E-state index is -0.675. The van der Waals surface area contributed by atoms with Gasteiger partial charge in [0.2, 0.25) is 0 Å². The smallest absolute Gasteiger partial charge is 0.333 e. The van der Waals surface area contributed by atoms with Crippen LogP contribution < -0.4 is 0 Å². The predicted octanol–water partition coefficient (Wildman–Crippen LogP) is 13.6. The van der Waals surface area contributed by atoms with Crippen LogP contribution in [0.15, 0.2) is 60.7 Å². The molecule has 1 fully saturated rings. The lowest BCUT2D eigenvalue weighted by atomic mass is 10.0. The maximum absolute atomic E-state index is 11.8. The summed E-state index contributed by atoms with van der Waals surface area (Å²) in [7, 11) is 0. The molecule has 0 aliphatic carbocycles. The number of aliphatic carboxylic acids is 1. The first-order valence-corrected chi connectivity index (χ1v) is 25.4. The fraction of sp³-hybridized carbons (Fsp3) is 0.667. The fourth-order valence-electron chi connectivity index (χ4n) is 7.75. The third-order valence-electron chi connectivity index (χ3n) is 11.7. The lowest BCUT2D eigenvalue weighted by Crippen LogP contribution is -2.31. The lowest BCUT2D eigenvalue weighted by Gasteiger charge is -2.12. The molecule has 11 nitrogen and oxygen atoms in total. The minimum Gasteiger partial charge on any atom is -0.481 e. The molecule has 0 saturated carbocycles. The average Bonchev–Trinajstić information content (AvgIpc) is 3.62. The Balaban J connectivity index is 0.000000458. The molecule has 1 saturated heterocycles. The second kappa shape index (κ2) is 39.8. The Labute approximate surface area is 391 Å². The Kier molecular flexibility index (Phi) is 34.6. The number of carbonyl (C=O) groups is 6. The quantitative estimate of drug-likeness (QED) is 0.0389. The number of imide groups is 1. The number of ether oxygens (including phenoxy) is 2. The molecule has 3 rings (SSSR count). The van der Waals surface area contributed by atoms with Gasteiger partial charge in [-0.1, -0.05) is 215 Å². The van der Waals surface area contributed by atoms with Crippen molar-refractivity contribution in [1.29, 1.82) is 0 Å². The zero-order valence-electron chi connectivity index (χ0n) is 39.8. The van der Waals surface area contributed by atoms with Crippen LogP contribution in [-0.2, 0) is 56.3 Å². The summed E-state index contributed by atoms with van der Waals surface area (Å²) in [6.45, 7) is 0.744. The highest BCUT2D eigenvalue weighted by Crippen LogP contribution is 2.17. The largest absolute Gasteiger partial charge is 0.481 e. The molecule has 364 valence electrons. The van der Waals surface area contributed by atoms with Crippen molar-refractivity contribution < 1.29 is 48.2 Å². The van der Waals surface area contributed by atoms with Gasteiger partial charge in [-0.15, -0.1) is 5.06 Å². The normalized spacial score (nSPS) is 12.2. The Morgan fingerprint density at radius 2 is 0.646 bits per heavy atom. The Bertz CT molecular complexity index is 1530. The summed E-state index contributed by atoms with van der Waals surface area (Å²) in [4.78, 5) is 73.4. The van der Waals surface area contributed by atoms with Crippen molar-refractivity contribution in [3.05, 3.63) is 71.8 Å². The number of carboxylic acid groups (broad SMARTS) is 1. The number of esters is 2. The maximum atomic E-state index is 11.8. The average molecular weight is 906 g/mol. The van der Waals surface area contributed by atoms with Crippen molar-refractivity contribution in [3.8, 4) is 0 Å². The van der Waals surface area contributed by atoms with E-state index < -0.39 is 23.8 Å². The van der Waals surface area contributed by atoms with Gasteiger partial charge in [0, 0.05) is 38.5 Å². The monoisotopic (exact) mass is 906 g/mol. The Morgan fingerprint density at radius 3 is 0.938 bits per heavy atom. The highest BCUT2D eigenvalue weighted by atomic mass is 16.7. The molecule has 2 amide bonds. The van der Waals surface area contributed by atoms with E-state index in [0.717, 1.165) is 68.9 Å². The van der Waals surface area contributed by atoms with Gasteiger partial charge in [0.1, 0.15) is 13.2 Å². The predicted molar refractivity (Wildman–Crippen MR) is 255 cm³/mol. The molecular formula is C54H83NO10. The molecule has 0 unspecified atom stereocenters. The van der Waals surface area contributed by atoms with Crippen LogP contribution in [0.1, 0.15) is 229 Å². The summed E-state index contributed by atoms with van der Waals surface area (Å²) in [5.41, 5.74) is 2.07. The molecule has 1 aliphatic heterocycles. The number of hydrogen-bond acceptors (Lipinski definition) is 9. The molecule has 2 aromatic carbocycles. The van der Waals surface area contributed by atoms with Gasteiger partial charge in [-0.2, -0.15) is 0 Å². The number of nitrogens with zero attached hydrogens (tertiary/aromatic N) is 1. The molecule has 0 atom stereocenters. The number of hydrogen-bond donors (Lipinski definition) is 1. The minimum absolute atomic E-state index is 0.0873. The van der Waals surface area contributed by atoms with Crippen LogP contribution in [-0.4, -0.2) is 45.9 Å². The van der Waals surface area contributed by atoms with Crippen molar-refractivity contribution >= 4 is 35.7 Å². The molecular weight excluding hydrogens is 823 g/mol. The van der Waals surface area contributed by atoms with E-state index in [1.807, 2.05) is 60.7 Å². The first kappa shape index (κ1) is 56.6. The van der Waals surface area contributed by atoms with Crippen molar-refractivity contribution in [2.45, 2.75) is 232 Å². The summed E-state index contributed by atoms with van der Waals surface area (Å²) in [6.07, 6.45) is 34.5.